The van der Waals surface area contributed by atoms with Crippen molar-refractivity contribution in [3.8, 4) is 11.4 Å². The molecule has 8 nitrogen and oxygen atoms in total. The molecule has 0 unspecified atom stereocenters. The van der Waals surface area contributed by atoms with Gasteiger partial charge in [0.2, 0.25) is 0 Å². The number of nitro benzene ring substituents is 1. The standard InChI is InChI=1S/C29H29N5O3S/c1-17-9-10-21(14-18(17)2)33-28(27(31-29(33)38)24-8-6-7-13-30-24)23-15-19(3)32(20(23)4)25-12-11-22(37-5)16-26(25)34(35)36/h6-16,27-28H,1-5H3,(H,31,38)/t27-,28-/m1/s1. The molecule has 0 aliphatic carbocycles. The van der Waals surface area contributed by atoms with Crippen LogP contribution in [-0.2, 0) is 0 Å². The number of aryl methyl sites for hydroxylation is 3. The molecular weight excluding hydrogens is 498 g/mol. The molecule has 0 amide bonds. The summed E-state index contributed by atoms with van der Waals surface area (Å²) in [7, 11) is 1.50. The molecule has 2 aromatic heterocycles. The normalized spacial score (nSPS) is 17.0. The van der Waals surface area contributed by atoms with Crippen molar-refractivity contribution < 1.29 is 9.66 Å². The van der Waals surface area contributed by atoms with Gasteiger partial charge in [-0.1, -0.05) is 12.1 Å². The average Bonchev–Trinajstić information content (AvgIpc) is 3.40. The molecule has 0 bridgehead atoms. The summed E-state index contributed by atoms with van der Waals surface area (Å²) in [6.45, 7) is 8.13. The fourth-order valence-electron chi connectivity index (χ4n) is 5.25. The molecule has 3 heterocycles. The Balaban J connectivity index is 1.71. The first-order chi connectivity index (χ1) is 18.2. The summed E-state index contributed by atoms with van der Waals surface area (Å²) in [4.78, 5) is 18.4. The summed E-state index contributed by atoms with van der Waals surface area (Å²) < 4.78 is 7.18. The van der Waals surface area contributed by atoms with Crippen molar-refractivity contribution >= 4 is 28.7 Å². The van der Waals surface area contributed by atoms with Crippen LogP contribution in [0.15, 0.2) is 66.9 Å². The third-order valence-corrected chi connectivity index (χ3v) is 7.59. The quantitative estimate of drug-likeness (QED) is 0.182. The number of nitro groups is 1. The Morgan fingerprint density at radius 2 is 1.82 bits per heavy atom. The van der Waals surface area contributed by atoms with Crippen LogP contribution >= 0.6 is 12.2 Å². The van der Waals surface area contributed by atoms with Crippen molar-refractivity contribution in [3.63, 3.8) is 0 Å². The largest absolute Gasteiger partial charge is 0.496 e. The number of hydrogen-bond acceptors (Lipinski definition) is 5. The lowest BCUT2D eigenvalue weighted by Gasteiger charge is -2.28. The highest BCUT2D eigenvalue weighted by Crippen LogP contribution is 2.44. The van der Waals surface area contributed by atoms with E-state index in [-0.39, 0.29) is 22.7 Å². The van der Waals surface area contributed by atoms with E-state index in [2.05, 4.69) is 53.3 Å². The highest BCUT2D eigenvalue weighted by molar-refractivity contribution is 7.80. The van der Waals surface area contributed by atoms with Crippen molar-refractivity contribution in [2.24, 2.45) is 0 Å². The van der Waals surface area contributed by atoms with Gasteiger partial charge in [-0.3, -0.25) is 15.1 Å². The monoisotopic (exact) mass is 527 g/mol. The maximum atomic E-state index is 12.0. The Labute approximate surface area is 227 Å². The zero-order chi connectivity index (χ0) is 27.1. The Hall–Kier alpha value is -4.24. The highest BCUT2D eigenvalue weighted by atomic mass is 32.1. The van der Waals surface area contributed by atoms with Gasteiger partial charge < -0.3 is 19.5 Å². The second-order valence-electron chi connectivity index (χ2n) is 9.54. The Bertz CT molecular complexity index is 1550. The highest BCUT2D eigenvalue weighted by Gasteiger charge is 2.42. The van der Waals surface area contributed by atoms with Crippen LogP contribution < -0.4 is 15.0 Å². The lowest BCUT2D eigenvalue weighted by molar-refractivity contribution is -0.384. The molecule has 4 aromatic rings. The van der Waals surface area contributed by atoms with Gasteiger partial charge in [0.05, 0.1) is 35.9 Å². The van der Waals surface area contributed by atoms with Crippen molar-refractivity contribution in [1.29, 1.82) is 0 Å². The van der Waals surface area contributed by atoms with Crippen molar-refractivity contribution in [1.82, 2.24) is 14.9 Å². The molecule has 194 valence electrons. The van der Waals surface area contributed by atoms with Gasteiger partial charge in [-0.15, -0.1) is 0 Å². The maximum absolute atomic E-state index is 12.0. The summed E-state index contributed by atoms with van der Waals surface area (Å²) in [5, 5.41) is 16.1. The number of anilines is 1. The molecule has 0 radical (unpaired) electrons. The minimum Gasteiger partial charge on any atom is -0.496 e. The summed E-state index contributed by atoms with van der Waals surface area (Å²) in [5.74, 6) is 0.435. The summed E-state index contributed by atoms with van der Waals surface area (Å²) >= 11 is 5.89. The predicted molar refractivity (Wildman–Crippen MR) is 152 cm³/mol. The van der Waals surface area contributed by atoms with E-state index in [0.717, 1.165) is 28.3 Å². The zero-order valence-corrected chi connectivity index (χ0v) is 22.7. The SMILES string of the molecule is COc1ccc(-n2c(C)cc([C@@H]3[C@@H](c4ccccn4)NC(=S)N3c3ccc(C)c(C)c3)c2C)c([N+](=O)[O-])c1. The number of pyridine rings is 1. The lowest BCUT2D eigenvalue weighted by Crippen LogP contribution is -2.29. The van der Waals surface area contributed by atoms with E-state index in [1.165, 1.54) is 24.3 Å². The van der Waals surface area contributed by atoms with E-state index in [4.69, 9.17) is 17.0 Å². The molecule has 38 heavy (non-hydrogen) atoms. The second kappa shape index (κ2) is 9.90. The first-order valence-corrected chi connectivity index (χ1v) is 12.7. The van der Waals surface area contributed by atoms with E-state index in [0.29, 0.717) is 16.5 Å². The average molecular weight is 528 g/mol. The van der Waals surface area contributed by atoms with Crippen molar-refractivity contribution in [3.05, 3.63) is 111 Å². The van der Waals surface area contributed by atoms with Gasteiger partial charge in [-0.2, -0.15) is 0 Å². The molecule has 0 spiro atoms. The number of nitrogens with one attached hydrogen (secondary N) is 1. The number of aromatic nitrogens is 2. The fraction of sp³-hybridized carbons (Fsp3) is 0.241. The van der Waals surface area contributed by atoms with Crippen LogP contribution in [0, 0.1) is 37.8 Å². The van der Waals surface area contributed by atoms with Gasteiger partial charge in [0.15, 0.2) is 5.11 Å². The van der Waals surface area contributed by atoms with Gasteiger partial charge in [0, 0.05) is 23.3 Å². The van der Waals surface area contributed by atoms with Gasteiger partial charge in [0.1, 0.15) is 11.4 Å². The minimum atomic E-state index is -0.374. The van der Waals surface area contributed by atoms with Gasteiger partial charge in [-0.25, -0.2) is 0 Å². The predicted octanol–water partition coefficient (Wildman–Crippen LogP) is 6.20. The zero-order valence-electron chi connectivity index (χ0n) is 21.9. The van der Waals surface area contributed by atoms with Crippen LogP contribution in [-0.4, -0.2) is 26.7 Å². The molecule has 1 aliphatic rings. The Kier molecular flexibility index (Phi) is 6.62. The first kappa shape index (κ1) is 25.4. The molecule has 2 aromatic carbocycles. The van der Waals surface area contributed by atoms with Gasteiger partial charge in [0.25, 0.3) is 5.69 Å². The van der Waals surface area contributed by atoms with Gasteiger partial charge >= 0.3 is 0 Å². The lowest BCUT2D eigenvalue weighted by atomic mass is 9.96. The van der Waals surface area contributed by atoms with Crippen LogP contribution in [0.3, 0.4) is 0 Å². The molecule has 1 fully saturated rings. The molecule has 1 N–H and O–H groups in total. The number of ether oxygens (including phenoxy) is 1. The number of rotatable bonds is 6. The molecule has 9 heteroatoms. The second-order valence-corrected chi connectivity index (χ2v) is 9.93. The Morgan fingerprint density at radius 1 is 1.03 bits per heavy atom. The van der Waals surface area contributed by atoms with E-state index in [9.17, 15) is 10.1 Å². The minimum absolute atomic E-state index is 0.0231. The molecule has 0 saturated carbocycles. The topological polar surface area (TPSA) is 85.5 Å². The van der Waals surface area contributed by atoms with Crippen molar-refractivity contribution in [2.75, 3.05) is 12.0 Å². The van der Waals surface area contributed by atoms with Crippen LogP contribution in [0.1, 0.15) is 45.9 Å². The number of thiocarbonyl (C=S) groups is 1. The van der Waals surface area contributed by atoms with Crippen molar-refractivity contribution in [2.45, 2.75) is 39.8 Å². The maximum Gasteiger partial charge on any atom is 0.296 e. The summed E-state index contributed by atoms with van der Waals surface area (Å²) in [6, 6.07) is 18.7. The van der Waals surface area contributed by atoms with Crippen LogP contribution in [0.5, 0.6) is 5.75 Å². The van der Waals surface area contributed by atoms with E-state index < -0.39 is 0 Å². The van der Waals surface area contributed by atoms with Crippen LogP contribution in [0.4, 0.5) is 11.4 Å². The number of methoxy groups -OCH3 is 1. The van der Waals surface area contributed by atoms with E-state index in [1.807, 2.05) is 36.6 Å². The number of hydrogen-bond donors (Lipinski definition) is 1. The third kappa shape index (κ3) is 4.28. The summed E-state index contributed by atoms with van der Waals surface area (Å²) in [5.41, 5.74) is 7.46. The molecule has 2 atom stereocenters. The Morgan fingerprint density at radius 3 is 2.47 bits per heavy atom. The summed E-state index contributed by atoms with van der Waals surface area (Å²) in [6.07, 6.45) is 1.78. The van der Waals surface area contributed by atoms with E-state index in [1.54, 1.807) is 18.3 Å². The first-order valence-electron chi connectivity index (χ1n) is 12.3. The van der Waals surface area contributed by atoms with E-state index >= 15 is 0 Å². The van der Waals surface area contributed by atoms with Crippen LogP contribution in [0.2, 0.25) is 0 Å². The number of nitrogens with zero attached hydrogens (tertiary/aromatic N) is 4. The molecule has 1 saturated heterocycles. The molecule has 5 rings (SSSR count). The number of benzene rings is 2. The third-order valence-electron chi connectivity index (χ3n) is 7.28. The smallest absolute Gasteiger partial charge is 0.296 e. The molecule has 1 aliphatic heterocycles. The van der Waals surface area contributed by atoms with Gasteiger partial charge in [-0.05, 0) is 99.1 Å². The fourth-order valence-corrected chi connectivity index (χ4v) is 5.59. The van der Waals surface area contributed by atoms with Crippen LogP contribution in [0.25, 0.3) is 5.69 Å². The molecular formula is C29H29N5O3S.